The number of aromatic nitrogens is 3. The van der Waals surface area contributed by atoms with E-state index in [0.29, 0.717) is 25.7 Å². The molecule has 2 fully saturated rings. The highest BCUT2D eigenvalue weighted by molar-refractivity contribution is 6.06. The Bertz CT molecular complexity index is 820. The van der Waals surface area contributed by atoms with Gasteiger partial charge in [0.1, 0.15) is 0 Å². The fourth-order valence-electron chi connectivity index (χ4n) is 3.56. The summed E-state index contributed by atoms with van der Waals surface area (Å²) in [7, 11) is 0. The molecule has 0 unspecified atom stereocenters. The molecule has 1 amide bonds. The maximum Gasteiger partial charge on any atom is 0.255 e. The quantitative estimate of drug-likeness (QED) is 0.860. The van der Waals surface area contributed by atoms with Gasteiger partial charge in [0.25, 0.3) is 5.91 Å². The lowest BCUT2D eigenvalue weighted by atomic mass is 9.99. The minimum absolute atomic E-state index is 0.0610. The number of hydrogen-bond acceptors (Lipinski definition) is 4. The summed E-state index contributed by atoms with van der Waals surface area (Å²) in [6.07, 6.45) is 4.11. The molecule has 0 radical (unpaired) electrons. The first kappa shape index (κ1) is 16.5. The van der Waals surface area contributed by atoms with Crippen molar-refractivity contribution in [1.29, 1.82) is 0 Å². The van der Waals surface area contributed by atoms with Gasteiger partial charge in [-0.2, -0.15) is 5.10 Å². The molecule has 0 atom stereocenters. The molecule has 1 aliphatic heterocycles. The Morgan fingerprint density at radius 1 is 1.36 bits per heavy atom. The SMILES string of the molecule is CC(C)n1ncc2c(C(=O)N3CCOCC3(C)C)cc(C3CC3)nc21. The molecule has 1 aliphatic carbocycles. The molecule has 2 aliphatic rings. The Morgan fingerprint density at radius 3 is 2.76 bits per heavy atom. The third-order valence-corrected chi connectivity index (χ3v) is 5.19. The van der Waals surface area contributed by atoms with Crippen LogP contribution in [0, 0.1) is 0 Å². The maximum atomic E-state index is 13.4. The summed E-state index contributed by atoms with van der Waals surface area (Å²) >= 11 is 0. The second-order valence-electron chi connectivity index (χ2n) is 8.11. The number of ether oxygens (including phenoxy) is 1. The topological polar surface area (TPSA) is 60.2 Å². The van der Waals surface area contributed by atoms with Crippen molar-refractivity contribution in [2.75, 3.05) is 19.8 Å². The van der Waals surface area contributed by atoms with Crippen molar-refractivity contribution in [3.63, 3.8) is 0 Å². The number of carbonyl (C=O) groups excluding carboxylic acids is 1. The van der Waals surface area contributed by atoms with Gasteiger partial charge >= 0.3 is 0 Å². The number of amides is 1. The number of hydrogen-bond donors (Lipinski definition) is 0. The molecule has 2 aromatic rings. The molecule has 134 valence electrons. The predicted octanol–water partition coefficient (Wildman–Crippen LogP) is 3.14. The van der Waals surface area contributed by atoms with Crippen molar-refractivity contribution in [3.8, 4) is 0 Å². The number of fused-ring (bicyclic) bond motifs is 1. The first-order valence-electron chi connectivity index (χ1n) is 9.16. The average molecular weight is 342 g/mol. The molecule has 1 saturated carbocycles. The van der Waals surface area contributed by atoms with Crippen LogP contribution < -0.4 is 0 Å². The minimum Gasteiger partial charge on any atom is -0.377 e. The summed E-state index contributed by atoms with van der Waals surface area (Å²) in [6, 6.07) is 2.21. The molecule has 0 aromatic carbocycles. The van der Waals surface area contributed by atoms with E-state index in [2.05, 4.69) is 32.8 Å². The van der Waals surface area contributed by atoms with E-state index in [9.17, 15) is 4.79 Å². The van der Waals surface area contributed by atoms with Gasteiger partial charge in [-0.05, 0) is 46.6 Å². The fraction of sp³-hybridized carbons (Fsp3) is 0.632. The monoisotopic (exact) mass is 342 g/mol. The normalized spacial score (nSPS) is 20.4. The van der Waals surface area contributed by atoms with Gasteiger partial charge in [-0.25, -0.2) is 9.67 Å². The number of morpholine rings is 1. The van der Waals surface area contributed by atoms with Crippen molar-refractivity contribution in [3.05, 3.63) is 23.5 Å². The van der Waals surface area contributed by atoms with Crippen LogP contribution in [0.2, 0.25) is 0 Å². The number of carbonyl (C=O) groups is 1. The molecule has 0 spiro atoms. The lowest BCUT2D eigenvalue weighted by Gasteiger charge is -2.42. The molecule has 1 saturated heterocycles. The smallest absolute Gasteiger partial charge is 0.255 e. The number of pyridine rings is 1. The van der Waals surface area contributed by atoms with Crippen LogP contribution in [-0.4, -0.2) is 50.9 Å². The van der Waals surface area contributed by atoms with Gasteiger partial charge < -0.3 is 9.64 Å². The summed E-state index contributed by atoms with van der Waals surface area (Å²) < 4.78 is 7.49. The van der Waals surface area contributed by atoms with Crippen LogP contribution in [0.4, 0.5) is 0 Å². The lowest BCUT2D eigenvalue weighted by molar-refractivity contribution is -0.0369. The highest BCUT2D eigenvalue weighted by atomic mass is 16.5. The predicted molar refractivity (Wildman–Crippen MR) is 95.8 cm³/mol. The van der Waals surface area contributed by atoms with Crippen LogP contribution in [0.3, 0.4) is 0 Å². The average Bonchev–Trinajstić information content (AvgIpc) is 3.32. The maximum absolute atomic E-state index is 13.4. The van der Waals surface area contributed by atoms with Crippen LogP contribution in [0.5, 0.6) is 0 Å². The summed E-state index contributed by atoms with van der Waals surface area (Å²) in [4.78, 5) is 20.2. The van der Waals surface area contributed by atoms with E-state index in [1.807, 2.05) is 15.6 Å². The molecule has 25 heavy (non-hydrogen) atoms. The molecular formula is C19H26N4O2. The molecule has 0 bridgehead atoms. The first-order chi connectivity index (χ1) is 11.9. The van der Waals surface area contributed by atoms with Gasteiger partial charge in [0.05, 0.1) is 35.9 Å². The Balaban J connectivity index is 1.84. The van der Waals surface area contributed by atoms with Gasteiger partial charge in [0.15, 0.2) is 5.65 Å². The van der Waals surface area contributed by atoms with E-state index < -0.39 is 0 Å². The first-order valence-corrected chi connectivity index (χ1v) is 9.16. The van der Waals surface area contributed by atoms with E-state index in [0.717, 1.165) is 35.1 Å². The minimum atomic E-state index is -0.307. The van der Waals surface area contributed by atoms with Crippen LogP contribution >= 0.6 is 0 Å². The van der Waals surface area contributed by atoms with E-state index in [1.165, 1.54) is 0 Å². The van der Waals surface area contributed by atoms with Crippen molar-refractivity contribution < 1.29 is 9.53 Å². The highest BCUT2D eigenvalue weighted by Crippen LogP contribution is 2.40. The summed E-state index contributed by atoms with van der Waals surface area (Å²) in [5.74, 6) is 0.551. The Kier molecular flexibility index (Phi) is 3.83. The van der Waals surface area contributed by atoms with Crippen LogP contribution in [-0.2, 0) is 4.74 Å². The Morgan fingerprint density at radius 2 is 2.12 bits per heavy atom. The van der Waals surface area contributed by atoms with E-state index in [4.69, 9.17) is 9.72 Å². The van der Waals surface area contributed by atoms with E-state index >= 15 is 0 Å². The zero-order chi connectivity index (χ0) is 17.8. The second kappa shape index (κ2) is 5.80. The zero-order valence-electron chi connectivity index (χ0n) is 15.5. The molecule has 3 heterocycles. The molecule has 0 N–H and O–H groups in total. The lowest BCUT2D eigenvalue weighted by Crippen LogP contribution is -2.55. The highest BCUT2D eigenvalue weighted by Gasteiger charge is 2.36. The fourth-order valence-corrected chi connectivity index (χ4v) is 3.56. The largest absolute Gasteiger partial charge is 0.377 e. The molecule has 6 heteroatoms. The van der Waals surface area contributed by atoms with Crippen molar-refractivity contribution >= 4 is 16.9 Å². The van der Waals surface area contributed by atoms with Crippen molar-refractivity contribution in [2.45, 2.75) is 58.0 Å². The van der Waals surface area contributed by atoms with Gasteiger partial charge in [-0.3, -0.25) is 4.79 Å². The molecule has 4 rings (SSSR count). The Labute approximate surface area is 148 Å². The van der Waals surface area contributed by atoms with Gasteiger partial charge in [-0.1, -0.05) is 0 Å². The van der Waals surface area contributed by atoms with Gasteiger partial charge in [0.2, 0.25) is 0 Å². The molecule has 2 aromatic heterocycles. The second-order valence-corrected chi connectivity index (χ2v) is 8.11. The van der Waals surface area contributed by atoms with Crippen molar-refractivity contribution in [2.24, 2.45) is 0 Å². The zero-order valence-corrected chi connectivity index (χ0v) is 15.5. The van der Waals surface area contributed by atoms with Crippen molar-refractivity contribution in [1.82, 2.24) is 19.7 Å². The summed E-state index contributed by atoms with van der Waals surface area (Å²) in [5.41, 5.74) is 2.28. The van der Waals surface area contributed by atoms with Gasteiger partial charge in [-0.15, -0.1) is 0 Å². The molecule has 6 nitrogen and oxygen atoms in total. The summed E-state index contributed by atoms with van der Waals surface area (Å²) in [6.45, 7) is 10.1. The van der Waals surface area contributed by atoms with E-state index in [1.54, 1.807) is 6.20 Å². The van der Waals surface area contributed by atoms with Crippen LogP contribution in [0.1, 0.15) is 68.5 Å². The number of rotatable bonds is 3. The van der Waals surface area contributed by atoms with Crippen LogP contribution in [0.25, 0.3) is 11.0 Å². The third-order valence-electron chi connectivity index (χ3n) is 5.19. The molecular weight excluding hydrogens is 316 g/mol. The standard InChI is InChI=1S/C19H26N4O2/c1-12(2)23-17-15(10-20-23)14(9-16(21-17)13-5-6-13)18(24)22-7-8-25-11-19(22,3)4/h9-10,12-13H,5-8,11H2,1-4H3. The van der Waals surface area contributed by atoms with Gasteiger partial charge in [0, 0.05) is 24.2 Å². The Hall–Kier alpha value is -1.95. The third kappa shape index (κ3) is 2.82. The number of nitrogens with zero attached hydrogens (tertiary/aromatic N) is 4. The summed E-state index contributed by atoms with van der Waals surface area (Å²) in [5, 5.41) is 5.35. The van der Waals surface area contributed by atoms with E-state index in [-0.39, 0.29) is 17.5 Å². The van der Waals surface area contributed by atoms with Crippen LogP contribution in [0.15, 0.2) is 12.3 Å².